The maximum Gasteiger partial charge on any atom is 0.0406 e. The molecule has 0 fully saturated rings. The topological polar surface area (TPSA) is 0 Å². The van der Waals surface area contributed by atoms with Crippen molar-refractivity contribution in [1.29, 1.82) is 0 Å². The third-order valence-electron chi connectivity index (χ3n) is 1.42. The lowest BCUT2D eigenvalue weighted by Crippen LogP contribution is -1.73. The second-order valence-electron chi connectivity index (χ2n) is 2.39. The lowest BCUT2D eigenvalue weighted by atomic mass is 10.4. The number of thioether (sulfide) groups is 1. The van der Waals surface area contributed by atoms with Crippen LogP contribution in [0.15, 0.2) is 41.3 Å². The van der Waals surface area contributed by atoms with Crippen LogP contribution >= 0.6 is 39.3 Å². The summed E-state index contributed by atoms with van der Waals surface area (Å²) in [7, 11) is 0. The van der Waals surface area contributed by atoms with Gasteiger partial charge >= 0.3 is 0 Å². The molecule has 0 saturated heterocycles. The lowest BCUT2D eigenvalue weighted by Gasteiger charge is -1.97. The van der Waals surface area contributed by atoms with E-state index in [0.717, 1.165) is 16.1 Å². The standard InChI is InChI=1S/C10H10BrClS/c11-7-1-2-8-13-10-5-3-9(12)4-6-10/h1-6H,7-8H2. The van der Waals surface area contributed by atoms with Crippen LogP contribution in [0, 0.1) is 0 Å². The molecule has 0 aromatic heterocycles. The van der Waals surface area contributed by atoms with E-state index in [2.05, 4.69) is 28.1 Å². The zero-order chi connectivity index (χ0) is 9.52. The molecule has 70 valence electrons. The fourth-order valence-electron chi connectivity index (χ4n) is 0.806. The number of hydrogen-bond donors (Lipinski definition) is 0. The van der Waals surface area contributed by atoms with E-state index in [4.69, 9.17) is 11.6 Å². The van der Waals surface area contributed by atoms with Gasteiger partial charge in [-0.1, -0.05) is 39.7 Å². The molecule has 0 aliphatic carbocycles. The first-order valence-electron chi connectivity index (χ1n) is 3.92. The molecule has 1 aromatic rings. The monoisotopic (exact) mass is 276 g/mol. The van der Waals surface area contributed by atoms with Crippen LogP contribution in [0.1, 0.15) is 0 Å². The Labute approximate surface area is 96.5 Å². The largest absolute Gasteiger partial charge is 0.122 e. The van der Waals surface area contributed by atoms with Gasteiger partial charge in [-0.05, 0) is 24.3 Å². The Morgan fingerprint density at radius 2 is 1.92 bits per heavy atom. The molecule has 3 heteroatoms. The van der Waals surface area contributed by atoms with Gasteiger partial charge in [0.25, 0.3) is 0 Å². The van der Waals surface area contributed by atoms with Crippen LogP contribution in [0.2, 0.25) is 5.02 Å². The van der Waals surface area contributed by atoms with Crippen LogP contribution in [-0.2, 0) is 0 Å². The van der Waals surface area contributed by atoms with E-state index in [1.807, 2.05) is 24.3 Å². The summed E-state index contributed by atoms with van der Waals surface area (Å²) >= 11 is 10.9. The number of rotatable bonds is 4. The normalized spacial score (nSPS) is 10.9. The first-order valence-corrected chi connectivity index (χ1v) is 6.41. The molecule has 0 unspecified atom stereocenters. The van der Waals surface area contributed by atoms with Crippen molar-refractivity contribution in [3.63, 3.8) is 0 Å². The Bertz CT molecular complexity index is 269. The second-order valence-corrected chi connectivity index (χ2v) is 4.57. The molecule has 0 nitrogen and oxygen atoms in total. The van der Waals surface area contributed by atoms with E-state index in [9.17, 15) is 0 Å². The van der Waals surface area contributed by atoms with Crippen LogP contribution in [0.5, 0.6) is 0 Å². The average molecular weight is 278 g/mol. The Morgan fingerprint density at radius 1 is 1.23 bits per heavy atom. The van der Waals surface area contributed by atoms with Gasteiger partial charge in [0.15, 0.2) is 0 Å². The minimum Gasteiger partial charge on any atom is -0.122 e. The van der Waals surface area contributed by atoms with Crippen LogP contribution < -0.4 is 0 Å². The van der Waals surface area contributed by atoms with Gasteiger partial charge in [0.05, 0.1) is 0 Å². The first-order chi connectivity index (χ1) is 6.33. The summed E-state index contributed by atoms with van der Waals surface area (Å²) in [5.41, 5.74) is 0. The highest BCUT2D eigenvalue weighted by Crippen LogP contribution is 2.20. The van der Waals surface area contributed by atoms with Crippen molar-refractivity contribution in [2.45, 2.75) is 4.90 Å². The fraction of sp³-hybridized carbons (Fsp3) is 0.200. The van der Waals surface area contributed by atoms with Gasteiger partial charge in [0.2, 0.25) is 0 Å². The molecule has 0 atom stereocenters. The molecule has 1 rings (SSSR count). The Kier molecular flexibility index (Phi) is 5.60. The van der Waals surface area contributed by atoms with Gasteiger partial charge in [-0.25, -0.2) is 0 Å². The molecular weight excluding hydrogens is 268 g/mol. The van der Waals surface area contributed by atoms with Crippen LogP contribution in [0.4, 0.5) is 0 Å². The van der Waals surface area contributed by atoms with Gasteiger partial charge in [-0.3, -0.25) is 0 Å². The van der Waals surface area contributed by atoms with E-state index in [0.29, 0.717) is 0 Å². The predicted octanol–water partition coefficient (Wildman–Crippen LogP) is 4.38. The minimum atomic E-state index is 0.792. The Balaban J connectivity index is 2.37. The predicted molar refractivity (Wildman–Crippen MR) is 65.1 cm³/mol. The van der Waals surface area contributed by atoms with Crippen molar-refractivity contribution in [3.8, 4) is 0 Å². The highest BCUT2D eigenvalue weighted by atomic mass is 79.9. The fourth-order valence-corrected chi connectivity index (χ4v) is 1.95. The zero-order valence-corrected chi connectivity index (χ0v) is 10.2. The molecule has 1 aromatic carbocycles. The number of allylic oxidation sites excluding steroid dienone is 1. The number of hydrogen-bond acceptors (Lipinski definition) is 1. The van der Waals surface area contributed by atoms with Crippen molar-refractivity contribution in [2.75, 3.05) is 11.1 Å². The Hall–Kier alpha value is 0.0800. The quantitative estimate of drug-likeness (QED) is 0.447. The molecule has 13 heavy (non-hydrogen) atoms. The number of benzene rings is 1. The van der Waals surface area contributed by atoms with Crippen molar-refractivity contribution < 1.29 is 0 Å². The summed E-state index contributed by atoms with van der Waals surface area (Å²) in [5, 5.41) is 1.72. The second kappa shape index (κ2) is 6.52. The first kappa shape index (κ1) is 11.2. The van der Waals surface area contributed by atoms with Crippen LogP contribution in [0.25, 0.3) is 0 Å². The summed E-state index contributed by atoms with van der Waals surface area (Å²) in [6, 6.07) is 7.90. The van der Waals surface area contributed by atoms with Crippen molar-refractivity contribution in [3.05, 3.63) is 41.4 Å². The smallest absolute Gasteiger partial charge is 0.0406 e. The van der Waals surface area contributed by atoms with E-state index < -0.39 is 0 Å². The van der Waals surface area contributed by atoms with E-state index in [1.165, 1.54) is 4.90 Å². The molecule has 0 bridgehead atoms. The third-order valence-corrected chi connectivity index (χ3v) is 3.01. The molecule has 0 amide bonds. The molecule has 0 aliphatic heterocycles. The summed E-state index contributed by atoms with van der Waals surface area (Å²) in [5.74, 6) is 1.01. The third kappa shape index (κ3) is 4.75. The molecule has 0 N–H and O–H groups in total. The van der Waals surface area contributed by atoms with Gasteiger partial charge in [0, 0.05) is 21.0 Å². The number of halogens is 2. The average Bonchev–Trinajstić information content (AvgIpc) is 2.15. The van der Waals surface area contributed by atoms with E-state index in [1.54, 1.807) is 11.8 Å². The van der Waals surface area contributed by atoms with Gasteiger partial charge in [-0.15, -0.1) is 11.8 Å². The SMILES string of the molecule is Clc1ccc(SCC=CCBr)cc1. The van der Waals surface area contributed by atoms with E-state index >= 15 is 0 Å². The maximum absolute atomic E-state index is 5.77. The summed E-state index contributed by atoms with van der Waals surface area (Å²) < 4.78 is 0. The molecule has 0 aliphatic rings. The molecular formula is C10H10BrClS. The van der Waals surface area contributed by atoms with E-state index in [-0.39, 0.29) is 0 Å². The lowest BCUT2D eigenvalue weighted by molar-refractivity contribution is 1.46. The van der Waals surface area contributed by atoms with Crippen molar-refractivity contribution in [1.82, 2.24) is 0 Å². The summed E-state index contributed by atoms with van der Waals surface area (Å²) in [4.78, 5) is 1.25. The highest BCUT2D eigenvalue weighted by molar-refractivity contribution is 9.09. The molecule has 0 radical (unpaired) electrons. The maximum atomic E-state index is 5.77. The van der Waals surface area contributed by atoms with Gasteiger partial charge in [-0.2, -0.15) is 0 Å². The Morgan fingerprint density at radius 3 is 2.54 bits per heavy atom. The molecule has 0 heterocycles. The molecule has 0 saturated carbocycles. The van der Waals surface area contributed by atoms with Gasteiger partial charge in [0.1, 0.15) is 0 Å². The zero-order valence-electron chi connectivity index (χ0n) is 7.04. The number of alkyl halides is 1. The highest BCUT2D eigenvalue weighted by Gasteiger charge is 1.91. The minimum absolute atomic E-state index is 0.792. The van der Waals surface area contributed by atoms with Crippen molar-refractivity contribution >= 4 is 39.3 Å². The van der Waals surface area contributed by atoms with Crippen LogP contribution in [0.3, 0.4) is 0 Å². The van der Waals surface area contributed by atoms with Crippen LogP contribution in [-0.4, -0.2) is 11.1 Å². The summed E-state index contributed by atoms with van der Waals surface area (Å²) in [6.45, 7) is 0. The van der Waals surface area contributed by atoms with Gasteiger partial charge < -0.3 is 0 Å². The summed E-state index contributed by atoms with van der Waals surface area (Å²) in [6.07, 6.45) is 4.25. The van der Waals surface area contributed by atoms with Crippen molar-refractivity contribution in [2.24, 2.45) is 0 Å². The molecule has 0 spiro atoms.